The van der Waals surface area contributed by atoms with Crippen LogP contribution in [0.3, 0.4) is 0 Å². The van der Waals surface area contributed by atoms with E-state index < -0.39 is 0 Å². The predicted octanol–water partition coefficient (Wildman–Crippen LogP) is 3.70. The fraction of sp³-hybridized carbons (Fsp3) is 0.600. The Morgan fingerprint density at radius 1 is 1.62 bits per heavy atom. The summed E-state index contributed by atoms with van der Waals surface area (Å²) in [5.74, 6) is 0.991. The summed E-state index contributed by atoms with van der Waals surface area (Å²) in [7, 11) is 0. The SMILES string of the molecule is NC(CCC1CC1)c1sccc1Br. The first-order chi connectivity index (χ1) is 6.27. The number of thiophene rings is 1. The molecule has 1 unspecified atom stereocenters. The largest absolute Gasteiger partial charge is 0.323 e. The van der Waals surface area contributed by atoms with Gasteiger partial charge in [-0.05, 0) is 46.1 Å². The van der Waals surface area contributed by atoms with Crippen LogP contribution in [0.1, 0.15) is 36.6 Å². The fourth-order valence-electron chi connectivity index (χ4n) is 1.52. The Labute approximate surface area is 91.5 Å². The minimum absolute atomic E-state index is 0.245. The molecule has 1 heterocycles. The average Bonchev–Trinajstić information content (AvgIpc) is 2.84. The zero-order valence-electron chi connectivity index (χ0n) is 7.50. The Hall–Kier alpha value is 0.140. The molecular weight excluding hydrogens is 246 g/mol. The molecule has 2 rings (SSSR count). The summed E-state index contributed by atoms with van der Waals surface area (Å²) in [6.45, 7) is 0. The number of hydrogen-bond donors (Lipinski definition) is 1. The number of nitrogens with two attached hydrogens (primary N) is 1. The summed E-state index contributed by atoms with van der Waals surface area (Å²) < 4.78 is 1.18. The van der Waals surface area contributed by atoms with E-state index in [1.807, 2.05) is 0 Å². The summed E-state index contributed by atoms with van der Waals surface area (Å²) in [6, 6.07) is 2.33. The van der Waals surface area contributed by atoms with Crippen LogP contribution in [-0.2, 0) is 0 Å². The lowest BCUT2D eigenvalue weighted by Crippen LogP contribution is -2.09. The van der Waals surface area contributed by atoms with Gasteiger partial charge in [-0.1, -0.05) is 12.8 Å². The molecule has 72 valence electrons. The first kappa shape index (κ1) is 9.69. The molecule has 0 aromatic carbocycles. The van der Waals surface area contributed by atoms with Gasteiger partial charge in [0.1, 0.15) is 0 Å². The maximum absolute atomic E-state index is 6.10. The van der Waals surface area contributed by atoms with Gasteiger partial charge < -0.3 is 5.73 Å². The minimum Gasteiger partial charge on any atom is -0.323 e. The highest BCUT2D eigenvalue weighted by Gasteiger charge is 2.22. The maximum Gasteiger partial charge on any atom is 0.0401 e. The van der Waals surface area contributed by atoms with Crippen molar-refractivity contribution in [2.45, 2.75) is 31.7 Å². The predicted molar refractivity (Wildman–Crippen MR) is 60.9 cm³/mol. The summed E-state index contributed by atoms with van der Waals surface area (Å²) in [5.41, 5.74) is 6.10. The van der Waals surface area contributed by atoms with Gasteiger partial charge in [0.05, 0.1) is 0 Å². The molecule has 0 aliphatic heterocycles. The third kappa shape index (κ3) is 2.55. The number of rotatable bonds is 4. The van der Waals surface area contributed by atoms with Crippen molar-refractivity contribution >= 4 is 27.3 Å². The molecule has 1 fully saturated rings. The van der Waals surface area contributed by atoms with Crippen LogP contribution in [-0.4, -0.2) is 0 Å². The molecule has 1 atom stereocenters. The van der Waals surface area contributed by atoms with Crippen molar-refractivity contribution in [2.75, 3.05) is 0 Å². The van der Waals surface area contributed by atoms with E-state index in [4.69, 9.17) is 5.73 Å². The average molecular weight is 260 g/mol. The van der Waals surface area contributed by atoms with Gasteiger partial charge in [0.15, 0.2) is 0 Å². The van der Waals surface area contributed by atoms with E-state index in [1.54, 1.807) is 11.3 Å². The molecule has 1 saturated carbocycles. The van der Waals surface area contributed by atoms with Gasteiger partial charge in [-0.15, -0.1) is 11.3 Å². The number of hydrogen-bond acceptors (Lipinski definition) is 2. The van der Waals surface area contributed by atoms with Crippen LogP contribution in [0.4, 0.5) is 0 Å². The fourth-order valence-corrected chi connectivity index (χ4v) is 3.23. The molecule has 3 heteroatoms. The van der Waals surface area contributed by atoms with Crippen LogP contribution in [0.15, 0.2) is 15.9 Å². The van der Waals surface area contributed by atoms with E-state index >= 15 is 0 Å². The smallest absolute Gasteiger partial charge is 0.0401 e. The van der Waals surface area contributed by atoms with E-state index in [-0.39, 0.29) is 6.04 Å². The topological polar surface area (TPSA) is 26.0 Å². The van der Waals surface area contributed by atoms with Crippen molar-refractivity contribution in [1.29, 1.82) is 0 Å². The molecule has 2 N–H and O–H groups in total. The van der Waals surface area contributed by atoms with E-state index in [0.717, 1.165) is 12.3 Å². The Morgan fingerprint density at radius 3 is 2.92 bits per heavy atom. The van der Waals surface area contributed by atoms with Gasteiger partial charge >= 0.3 is 0 Å². The molecule has 0 bridgehead atoms. The minimum atomic E-state index is 0.245. The summed E-state index contributed by atoms with van der Waals surface area (Å²) in [5, 5.41) is 2.09. The molecule has 0 radical (unpaired) electrons. The van der Waals surface area contributed by atoms with Gasteiger partial charge in [-0.2, -0.15) is 0 Å². The van der Waals surface area contributed by atoms with Gasteiger partial charge in [0, 0.05) is 15.4 Å². The van der Waals surface area contributed by atoms with Crippen molar-refractivity contribution < 1.29 is 0 Å². The van der Waals surface area contributed by atoms with Crippen LogP contribution in [0.2, 0.25) is 0 Å². The standard InChI is InChI=1S/C10H14BrNS/c11-8-5-6-13-10(8)9(12)4-3-7-1-2-7/h5-7,9H,1-4,12H2. The van der Waals surface area contributed by atoms with Crippen molar-refractivity contribution in [3.63, 3.8) is 0 Å². The third-order valence-corrected chi connectivity index (χ3v) is 4.57. The van der Waals surface area contributed by atoms with E-state index in [9.17, 15) is 0 Å². The molecule has 1 aliphatic carbocycles. The van der Waals surface area contributed by atoms with E-state index in [0.29, 0.717) is 0 Å². The maximum atomic E-state index is 6.10. The lowest BCUT2D eigenvalue weighted by Gasteiger charge is -2.09. The quantitative estimate of drug-likeness (QED) is 0.877. The highest BCUT2D eigenvalue weighted by atomic mass is 79.9. The lowest BCUT2D eigenvalue weighted by atomic mass is 10.1. The van der Waals surface area contributed by atoms with Crippen LogP contribution < -0.4 is 5.73 Å². The zero-order valence-corrected chi connectivity index (χ0v) is 9.90. The first-order valence-electron chi connectivity index (χ1n) is 4.76. The monoisotopic (exact) mass is 259 g/mol. The molecule has 0 saturated heterocycles. The molecule has 13 heavy (non-hydrogen) atoms. The highest BCUT2D eigenvalue weighted by molar-refractivity contribution is 9.10. The van der Waals surface area contributed by atoms with Crippen molar-refractivity contribution in [1.82, 2.24) is 0 Å². The second-order valence-electron chi connectivity index (χ2n) is 3.76. The van der Waals surface area contributed by atoms with Crippen molar-refractivity contribution in [3.8, 4) is 0 Å². The van der Waals surface area contributed by atoms with Gasteiger partial charge in [-0.25, -0.2) is 0 Å². The first-order valence-corrected chi connectivity index (χ1v) is 6.43. The van der Waals surface area contributed by atoms with E-state index in [2.05, 4.69) is 27.4 Å². The molecule has 1 aliphatic rings. The van der Waals surface area contributed by atoms with Crippen LogP contribution in [0.25, 0.3) is 0 Å². The van der Waals surface area contributed by atoms with Crippen LogP contribution in [0, 0.1) is 5.92 Å². The third-order valence-electron chi connectivity index (χ3n) is 2.56. The second kappa shape index (κ2) is 4.11. The molecular formula is C10H14BrNS. The Kier molecular flexibility index (Phi) is 3.06. The lowest BCUT2D eigenvalue weighted by molar-refractivity contribution is 0.580. The van der Waals surface area contributed by atoms with Gasteiger partial charge in [-0.3, -0.25) is 0 Å². The van der Waals surface area contributed by atoms with Crippen LogP contribution >= 0.6 is 27.3 Å². The molecule has 1 nitrogen and oxygen atoms in total. The normalized spacial score (nSPS) is 18.9. The summed E-state index contributed by atoms with van der Waals surface area (Å²) in [6.07, 6.45) is 5.31. The Bertz CT molecular complexity index is 280. The molecule has 1 aromatic rings. The Balaban J connectivity index is 1.88. The molecule has 1 aromatic heterocycles. The van der Waals surface area contributed by atoms with Gasteiger partial charge in [0.2, 0.25) is 0 Å². The van der Waals surface area contributed by atoms with Crippen molar-refractivity contribution in [2.24, 2.45) is 11.7 Å². The molecule has 0 amide bonds. The summed E-state index contributed by atoms with van der Waals surface area (Å²) in [4.78, 5) is 1.31. The zero-order chi connectivity index (χ0) is 9.26. The summed E-state index contributed by atoms with van der Waals surface area (Å²) >= 11 is 5.28. The van der Waals surface area contributed by atoms with E-state index in [1.165, 1.54) is 28.6 Å². The highest BCUT2D eigenvalue weighted by Crippen LogP contribution is 2.37. The number of halogens is 1. The molecule has 0 spiro atoms. The van der Waals surface area contributed by atoms with Crippen molar-refractivity contribution in [3.05, 3.63) is 20.8 Å². The van der Waals surface area contributed by atoms with Crippen LogP contribution in [0.5, 0.6) is 0 Å². The second-order valence-corrected chi connectivity index (χ2v) is 5.56. The van der Waals surface area contributed by atoms with Gasteiger partial charge in [0.25, 0.3) is 0 Å². The Morgan fingerprint density at radius 2 is 2.38 bits per heavy atom.